The van der Waals surface area contributed by atoms with Crippen molar-refractivity contribution in [2.45, 2.75) is 33.4 Å². The van der Waals surface area contributed by atoms with Gasteiger partial charge in [0.25, 0.3) is 0 Å². The first-order chi connectivity index (χ1) is 11.0. The van der Waals surface area contributed by atoms with Gasteiger partial charge in [-0.25, -0.2) is 0 Å². The summed E-state index contributed by atoms with van der Waals surface area (Å²) in [5.41, 5.74) is 7.40. The molecule has 1 atom stereocenters. The van der Waals surface area contributed by atoms with E-state index in [0.29, 0.717) is 5.92 Å². The molecule has 1 heteroatoms. The van der Waals surface area contributed by atoms with Crippen LogP contribution in [0.5, 0.6) is 0 Å². The van der Waals surface area contributed by atoms with Crippen LogP contribution in [-0.2, 0) is 0 Å². The minimum absolute atomic E-state index is 0.505. The molecular weight excluding hydrogens is 292 g/mol. The van der Waals surface area contributed by atoms with Crippen molar-refractivity contribution in [1.29, 1.82) is 0 Å². The maximum Gasteiger partial charge on any atom is 0.110 e. The standard InChI is InChI=1S/C22H24Si/c1-15-13-17-9-5-7-11-19(17)21(15)23(3,4)22-16(2)14-18-10-6-8-12-20(18)22/h5-7,9-14,19H,8H2,1-4H3. The zero-order valence-electron chi connectivity index (χ0n) is 14.5. The van der Waals surface area contributed by atoms with Gasteiger partial charge in [-0.3, -0.25) is 0 Å². The Morgan fingerprint density at radius 1 is 1.00 bits per heavy atom. The molecule has 0 aromatic carbocycles. The molecule has 23 heavy (non-hydrogen) atoms. The fourth-order valence-corrected chi connectivity index (χ4v) is 9.20. The average Bonchev–Trinajstić information content (AvgIpc) is 3.02. The maximum absolute atomic E-state index is 2.55. The van der Waals surface area contributed by atoms with Gasteiger partial charge in [0.15, 0.2) is 0 Å². The van der Waals surface area contributed by atoms with Crippen LogP contribution in [0.3, 0.4) is 0 Å². The van der Waals surface area contributed by atoms with Crippen molar-refractivity contribution in [3.05, 3.63) is 92.9 Å². The van der Waals surface area contributed by atoms with Gasteiger partial charge in [0, 0.05) is 5.92 Å². The van der Waals surface area contributed by atoms with E-state index in [9.17, 15) is 0 Å². The lowest BCUT2D eigenvalue weighted by atomic mass is 9.98. The second kappa shape index (κ2) is 5.07. The van der Waals surface area contributed by atoms with E-state index in [-0.39, 0.29) is 0 Å². The minimum Gasteiger partial charge on any atom is -0.0801 e. The number of rotatable bonds is 2. The Morgan fingerprint density at radius 3 is 2.65 bits per heavy atom. The first-order valence-electron chi connectivity index (χ1n) is 8.58. The zero-order chi connectivity index (χ0) is 16.2. The van der Waals surface area contributed by atoms with E-state index in [0.717, 1.165) is 6.42 Å². The van der Waals surface area contributed by atoms with Crippen LogP contribution in [0.1, 0.15) is 20.3 Å². The molecule has 1 unspecified atom stereocenters. The minimum atomic E-state index is -1.71. The average molecular weight is 317 g/mol. The van der Waals surface area contributed by atoms with Crippen molar-refractivity contribution in [3.8, 4) is 0 Å². The summed E-state index contributed by atoms with van der Waals surface area (Å²) in [6.45, 7) is 9.71. The van der Waals surface area contributed by atoms with Crippen LogP contribution in [0.2, 0.25) is 13.1 Å². The van der Waals surface area contributed by atoms with Gasteiger partial charge in [-0.1, -0.05) is 84.1 Å². The summed E-state index contributed by atoms with van der Waals surface area (Å²) in [5.74, 6) is 0.505. The van der Waals surface area contributed by atoms with E-state index < -0.39 is 8.07 Å². The number of fused-ring (bicyclic) bond motifs is 2. The van der Waals surface area contributed by atoms with Crippen LogP contribution in [0, 0.1) is 5.92 Å². The van der Waals surface area contributed by atoms with Crippen molar-refractivity contribution >= 4 is 8.07 Å². The Labute approximate surface area is 140 Å². The predicted molar refractivity (Wildman–Crippen MR) is 103 cm³/mol. The molecule has 116 valence electrons. The third kappa shape index (κ3) is 2.10. The lowest BCUT2D eigenvalue weighted by Crippen LogP contribution is -2.37. The van der Waals surface area contributed by atoms with Gasteiger partial charge in [-0.15, -0.1) is 0 Å². The number of hydrogen-bond donors (Lipinski definition) is 0. The van der Waals surface area contributed by atoms with Crippen molar-refractivity contribution in [2.75, 3.05) is 0 Å². The van der Waals surface area contributed by atoms with Crippen molar-refractivity contribution in [2.24, 2.45) is 5.92 Å². The SMILES string of the molecule is CC1=C([Si](C)(C)C2=C(C)C=C3C=CC=CC32)C2=CCC=CC2=C1. The summed E-state index contributed by atoms with van der Waals surface area (Å²) in [6.07, 6.45) is 21.9. The van der Waals surface area contributed by atoms with Crippen LogP contribution < -0.4 is 0 Å². The van der Waals surface area contributed by atoms with Gasteiger partial charge in [-0.2, -0.15) is 0 Å². The molecule has 0 saturated heterocycles. The fourth-order valence-electron chi connectivity index (χ4n) is 4.86. The fraction of sp³-hybridized carbons (Fsp3) is 0.273. The summed E-state index contributed by atoms with van der Waals surface area (Å²) >= 11 is 0. The molecule has 0 aromatic rings. The summed E-state index contributed by atoms with van der Waals surface area (Å²) in [7, 11) is -1.71. The first-order valence-corrected chi connectivity index (χ1v) is 11.6. The molecule has 0 radical (unpaired) electrons. The van der Waals surface area contributed by atoms with Gasteiger partial charge in [0.2, 0.25) is 0 Å². The molecular formula is C22H24Si. The highest BCUT2D eigenvalue weighted by Gasteiger charge is 2.42. The van der Waals surface area contributed by atoms with E-state index in [1.165, 1.54) is 27.9 Å². The molecule has 4 rings (SSSR count). The van der Waals surface area contributed by atoms with E-state index in [1.807, 2.05) is 0 Å². The molecule has 0 fully saturated rings. The Kier molecular flexibility index (Phi) is 3.24. The Balaban J connectivity index is 1.80. The lowest BCUT2D eigenvalue weighted by Gasteiger charge is -2.34. The molecule has 0 heterocycles. The first kappa shape index (κ1) is 14.7. The zero-order valence-corrected chi connectivity index (χ0v) is 15.5. The van der Waals surface area contributed by atoms with Gasteiger partial charge in [0.05, 0.1) is 0 Å². The summed E-state index contributed by atoms with van der Waals surface area (Å²) in [6, 6.07) is 0. The van der Waals surface area contributed by atoms with Gasteiger partial charge >= 0.3 is 0 Å². The number of hydrogen-bond acceptors (Lipinski definition) is 0. The third-order valence-electron chi connectivity index (χ3n) is 5.58. The Morgan fingerprint density at radius 2 is 1.83 bits per heavy atom. The molecule has 0 nitrogen and oxygen atoms in total. The second-order valence-corrected chi connectivity index (χ2v) is 11.8. The third-order valence-corrected chi connectivity index (χ3v) is 9.55. The summed E-state index contributed by atoms with van der Waals surface area (Å²) < 4.78 is 0. The molecule has 0 aromatic heterocycles. The molecule has 0 amide bonds. The Bertz CT molecular complexity index is 829. The molecule has 4 aliphatic rings. The molecule has 0 saturated carbocycles. The molecule has 0 aliphatic heterocycles. The molecule has 4 aliphatic carbocycles. The summed E-state index contributed by atoms with van der Waals surface area (Å²) in [4.78, 5) is 0. The van der Waals surface area contributed by atoms with Gasteiger partial charge in [0.1, 0.15) is 8.07 Å². The monoisotopic (exact) mass is 316 g/mol. The maximum atomic E-state index is 2.55. The highest BCUT2D eigenvalue weighted by Crippen LogP contribution is 2.48. The predicted octanol–water partition coefficient (Wildman–Crippen LogP) is 5.91. The van der Waals surface area contributed by atoms with E-state index in [4.69, 9.17) is 0 Å². The highest BCUT2D eigenvalue weighted by molar-refractivity contribution is 6.92. The molecule has 0 N–H and O–H groups in total. The van der Waals surface area contributed by atoms with Gasteiger partial charge in [-0.05, 0) is 42.2 Å². The topological polar surface area (TPSA) is 0 Å². The smallest absolute Gasteiger partial charge is 0.0801 e. The van der Waals surface area contributed by atoms with Crippen molar-refractivity contribution in [1.82, 2.24) is 0 Å². The van der Waals surface area contributed by atoms with Gasteiger partial charge < -0.3 is 0 Å². The Hall–Kier alpha value is -1.86. The number of allylic oxidation sites excluding steroid dienone is 16. The van der Waals surface area contributed by atoms with E-state index in [1.54, 1.807) is 10.4 Å². The van der Waals surface area contributed by atoms with E-state index in [2.05, 4.69) is 81.6 Å². The van der Waals surface area contributed by atoms with Crippen molar-refractivity contribution < 1.29 is 0 Å². The normalized spacial score (nSPS) is 25.6. The quantitative estimate of drug-likeness (QED) is 0.555. The van der Waals surface area contributed by atoms with Crippen LogP contribution in [0.25, 0.3) is 0 Å². The highest BCUT2D eigenvalue weighted by atomic mass is 28.3. The summed E-state index contributed by atoms with van der Waals surface area (Å²) in [5, 5.41) is 3.36. The van der Waals surface area contributed by atoms with Crippen LogP contribution in [0.15, 0.2) is 92.9 Å². The van der Waals surface area contributed by atoms with Crippen LogP contribution in [-0.4, -0.2) is 8.07 Å². The molecule has 0 spiro atoms. The molecule has 0 bridgehead atoms. The van der Waals surface area contributed by atoms with Crippen LogP contribution >= 0.6 is 0 Å². The lowest BCUT2D eigenvalue weighted by molar-refractivity contribution is 0.978. The van der Waals surface area contributed by atoms with Crippen LogP contribution in [0.4, 0.5) is 0 Å². The van der Waals surface area contributed by atoms with Crippen molar-refractivity contribution in [3.63, 3.8) is 0 Å². The van der Waals surface area contributed by atoms with E-state index >= 15 is 0 Å². The largest absolute Gasteiger partial charge is 0.110 e. The second-order valence-electron chi connectivity index (χ2n) is 7.50.